The Hall–Kier alpha value is -4.95. The molecule has 0 saturated heterocycles. The van der Waals surface area contributed by atoms with E-state index in [9.17, 15) is 2.74 Å². The van der Waals surface area contributed by atoms with Crippen LogP contribution in [0.2, 0.25) is 0 Å². The summed E-state index contributed by atoms with van der Waals surface area (Å²) in [6, 6.07) is 50.1. The van der Waals surface area contributed by atoms with Crippen LogP contribution in [0.4, 0.5) is 0 Å². The van der Waals surface area contributed by atoms with Crippen molar-refractivity contribution in [2.45, 2.75) is 57.7 Å². The molecule has 0 N–H and O–H groups in total. The molecule has 0 atom stereocenters. The first-order chi connectivity index (χ1) is 26.7. The number of pyridine rings is 2. The average molecular weight is 855 g/mol. The van der Waals surface area contributed by atoms with Crippen molar-refractivity contribution in [3.8, 4) is 55.9 Å². The fourth-order valence-corrected chi connectivity index (χ4v) is 7.22. The van der Waals surface area contributed by atoms with E-state index < -0.39 is 12.7 Å². The van der Waals surface area contributed by atoms with Crippen LogP contribution in [0.5, 0.6) is 0 Å². The van der Waals surface area contributed by atoms with Gasteiger partial charge in [-0.15, -0.1) is 65.2 Å². The predicted octanol–water partition coefficient (Wildman–Crippen LogP) is 12.6. The molecule has 1 radical (unpaired) electrons. The minimum atomic E-state index is -2.35. The topological polar surface area (TPSA) is 25.8 Å². The van der Waals surface area contributed by atoms with Gasteiger partial charge in [0.25, 0.3) is 0 Å². The minimum Gasteiger partial charge on any atom is -0.305 e. The largest absolute Gasteiger partial charge is 0.305 e. The molecule has 0 bridgehead atoms. The molecule has 5 aromatic carbocycles. The van der Waals surface area contributed by atoms with Crippen LogP contribution >= 0.6 is 0 Å². The van der Waals surface area contributed by atoms with Crippen molar-refractivity contribution in [3.05, 3.63) is 180 Å². The van der Waals surface area contributed by atoms with Gasteiger partial charge in [-0.3, -0.25) is 0 Å². The molecule has 0 unspecified atom stereocenters. The summed E-state index contributed by atoms with van der Waals surface area (Å²) >= 11 is 0. The molecule has 2 aromatic heterocycles. The molecule has 52 heavy (non-hydrogen) atoms. The van der Waals surface area contributed by atoms with Crippen LogP contribution in [0.3, 0.4) is 0 Å². The van der Waals surface area contributed by atoms with Crippen LogP contribution in [0.1, 0.15) is 65.8 Å². The summed E-state index contributed by atoms with van der Waals surface area (Å²) in [5.74, 6) is 0.684. The van der Waals surface area contributed by atoms with E-state index >= 15 is 0 Å². The summed E-state index contributed by atoms with van der Waals surface area (Å²) in [7, 11) is 0. The zero-order valence-corrected chi connectivity index (χ0v) is 31.6. The van der Waals surface area contributed by atoms with Gasteiger partial charge in [-0.05, 0) is 89.0 Å². The molecule has 3 heteroatoms. The molecule has 0 amide bonds. The molecule has 1 saturated carbocycles. The molecule has 7 aromatic rings. The Labute approximate surface area is 328 Å². The van der Waals surface area contributed by atoms with Gasteiger partial charge in [-0.25, -0.2) is 0 Å². The molecule has 1 aliphatic rings. The molecule has 8 rings (SSSR count). The normalized spacial score (nSPS) is 14.7. The molecule has 0 spiro atoms. The summed E-state index contributed by atoms with van der Waals surface area (Å²) in [5.41, 5.74) is 12.0. The maximum absolute atomic E-state index is 9.18. The fourth-order valence-electron chi connectivity index (χ4n) is 7.22. The van der Waals surface area contributed by atoms with Gasteiger partial charge in [0.1, 0.15) is 0 Å². The third kappa shape index (κ3) is 8.23. The summed E-state index contributed by atoms with van der Waals surface area (Å²) in [5, 5.41) is 0. The Kier molecular flexibility index (Phi) is 9.78. The van der Waals surface area contributed by atoms with Crippen LogP contribution in [0.15, 0.2) is 146 Å². The first-order valence-corrected chi connectivity index (χ1v) is 17.9. The Balaban J connectivity index is 0.00000480. The molecule has 259 valence electrons. The van der Waals surface area contributed by atoms with Gasteiger partial charge in [-0.1, -0.05) is 127 Å². The van der Waals surface area contributed by atoms with Gasteiger partial charge in [0.2, 0.25) is 0 Å². The average Bonchev–Trinajstić information content (AvgIpc) is 3.24. The zero-order chi connectivity index (χ0) is 38.0. The Morgan fingerprint density at radius 2 is 1.27 bits per heavy atom. The van der Waals surface area contributed by atoms with E-state index in [0.29, 0.717) is 5.92 Å². The summed E-state index contributed by atoms with van der Waals surface area (Å²) < 4.78 is 36.5. The molecule has 2 heterocycles. The molecule has 2 nitrogen and oxygen atoms in total. The van der Waals surface area contributed by atoms with Crippen molar-refractivity contribution < 1.29 is 25.6 Å². The van der Waals surface area contributed by atoms with Gasteiger partial charge in [0.05, 0.1) is 0 Å². The number of rotatable bonds is 9. The van der Waals surface area contributed by atoms with E-state index in [1.165, 1.54) is 49.3 Å². The van der Waals surface area contributed by atoms with Crippen molar-refractivity contribution in [3.63, 3.8) is 0 Å². The number of hydrogen-bond acceptors (Lipinski definition) is 2. The van der Waals surface area contributed by atoms with Crippen LogP contribution in [0, 0.1) is 19.1 Å². The van der Waals surface area contributed by atoms with E-state index in [4.69, 9.17) is 7.73 Å². The molecular formula is C49H42IrN2-2. The minimum absolute atomic E-state index is 0. The van der Waals surface area contributed by atoms with Crippen molar-refractivity contribution in [2.75, 3.05) is 0 Å². The van der Waals surface area contributed by atoms with Crippen LogP contribution in [-0.4, -0.2) is 9.97 Å². The van der Waals surface area contributed by atoms with Gasteiger partial charge in [-0.2, -0.15) is 0 Å². The SMILES string of the molecule is [2H]C([2H])(c1c[c-]c(-c2ccccn2)cc1)C([2H])([2H])c1cc(C)cc(-c2ccccc2-c2c[c-]c(-c3cc(-c4ccc(C5CCCCC5)cc4)ccn3)cc2)c1.[Ir]. The summed E-state index contributed by atoms with van der Waals surface area (Å²) in [4.78, 5) is 9.05. The maximum atomic E-state index is 9.18. The van der Waals surface area contributed by atoms with E-state index in [-0.39, 0.29) is 31.2 Å². The van der Waals surface area contributed by atoms with Crippen LogP contribution in [0.25, 0.3) is 55.9 Å². The summed E-state index contributed by atoms with van der Waals surface area (Å²) in [6.45, 7) is 1.92. The first kappa shape index (κ1) is 30.7. The number of aryl methyl sites for hydroxylation is 3. The third-order valence-corrected chi connectivity index (χ3v) is 9.90. The molecular weight excluding hydrogens is 809 g/mol. The maximum Gasteiger partial charge on any atom is 0.0311 e. The Morgan fingerprint density at radius 1 is 0.577 bits per heavy atom. The first-order valence-electron chi connectivity index (χ1n) is 19.9. The standard InChI is InChI=1S/C49H42N2.Ir/c1-35-31-37(15-14-36-16-18-42(19-17-36)48-13-7-8-29-50-48)33-45(32-35)47-12-6-5-11-46(47)41-24-26-43(27-25-41)49-34-44(28-30-51-49)40-22-20-39(21-23-40)38-9-3-2-4-10-38;/h5-8,11-13,16-18,20-26,28-34,38H,2-4,9-10,14-15H2,1H3;/q-2;/i14D2,15D2;. The van der Waals surface area contributed by atoms with E-state index in [2.05, 4.69) is 71.7 Å². The molecule has 1 fully saturated rings. The van der Waals surface area contributed by atoms with Gasteiger partial charge >= 0.3 is 0 Å². The zero-order valence-electron chi connectivity index (χ0n) is 33.2. The number of aromatic nitrogens is 2. The van der Waals surface area contributed by atoms with Gasteiger partial charge in [0.15, 0.2) is 0 Å². The summed E-state index contributed by atoms with van der Waals surface area (Å²) in [6.07, 6.45) is 5.47. The second-order valence-electron chi connectivity index (χ2n) is 13.5. The second kappa shape index (κ2) is 16.6. The second-order valence-corrected chi connectivity index (χ2v) is 13.5. The number of benzene rings is 5. The number of nitrogens with zero attached hydrogens (tertiary/aromatic N) is 2. The number of hydrogen-bond donors (Lipinski definition) is 0. The van der Waals surface area contributed by atoms with E-state index in [0.717, 1.165) is 55.9 Å². The monoisotopic (exact) mass is 855 g/mol. The van der Waals surface area contributed by atoms with Crippen molar-refractivity contribution in [2.24, 2.45) is 0 Å². The van der Waals surface area contributed by atoms with Gasteiger partial charge in [0, 0.05) is 38.0 Å². The Morgan fingerprint density at radius 3 is 2.00 bits per heavy atom. The molecule has 1 aliphatic carbocycles. The molecule has 0 aliphatic heterocycles. The van der Waals surface area contributed by atoms with Crippen LogP contribution in [-0.2, 0) is 32.9 Å². The predicted molar refractivity (Wildman–Crippen MR) is 211 cm³/mol. The quantitative estimate of drug-likeness (QED) is 0.135. The van der Waals surface area contributed by atoms with E-state index in [1.54, 1.807) is 30.5 Å². The Bertz CT molecular complexity index is 2410. The van der Waals surface area contributed by atoms with E-state index in [1.807, 2.05) is 61.7 Å². The third-order valence-electron chi connectivity index (χ3n) is 9.90. The van der Waals surface area contributed by atoms with Crippen LogP contribution < -0.4 is 0 Å². The van der Waals surface area contributed by atoms with Gasteiger partial charge < -0.3 is 9.97 Å². The van der Waals surface area contributed by atoms with Crippen molar-refractivity contribution >= 4 is 0 Å². The van der Waals surface area contributed by atoms with Crippen molar-refractivity contribution in [1.29, 1.82) is 0 Å². The fraction of sp³-hybridized carbons (Fsp3) is 0.184. The smallest absolute Gasteiger partial charge is 0.0311 e. The van der Waals surface area contributed by atoms with Crippen molar-refractivity contribution in [1.82, 2.24) is 9.97 Å².